The molecule has 6 nitrogen and oxygen atoms in total. The maximum atomic E-state index is 12.6. The fourth-order valence-corrected chi connectivity index (χ4v) is 2.75. The predicted molar refractivity (Wildman–Crippen MR) is 91.5 cm³/mol. The summed E-state index contributed by atoms with van der Waals surface area (Å²) in [4.78, 5) is 38.2. The largest absolute Gasteiger partial charge is 0.460 e. The molecule has 1 heterocycles. The summed E-state index contributed by atoms with van der Waals surface area (Å²) in [6, 6.07) is 8.66. The smallest absolute Gasteiger partial charge is 0.417 e. The molecule has 1 aliphatic heterocycles. The van der Waals surface area contributed by atoms with E-state index < -0.39 is 35.0 Å². The van der Waals surface area contributed by atoms with Gasteiger partial charge < -0.3 is 9.47 Å². The number of imide groups is 1. The highest BCUT2D eigenvalue weighted by molar-refractivity contribution is 5.99. The molecule has 0 saturated carbocycles. The Morgan fingerprint density at radius 3 is 2.40 bits per heavy atom. The van der Waals surface area contributed by atoms with Crippen LogP contribution in [0.2, 0.25) is 0 Å². The van der Waals surface area contributed by atoms with Crippen molar-refractivity contribution >= 4 is 18.0 Å². The number of rotatable bonds is 3. The molecular weight excluding hydrogens is 322 g/mol. The molecule has 1 saturated heterocycles. The summed E-state index contributed by atoms with van der Waals surface area (Å²) in [5, 5.41) is 0. The average molecular weight is 347 g/mol. The normalized spacial score (nSPS) is 23.5. The summed E-state index contributed by atoms with van der Waals surface area (Å²) in [5.41, 5.74) is -0.951. The first-order valence-electron chi connectivity index (χ1n) is 8.31. The van der Waals surface area contributed by atoms with Crippen molar-refractivity contribution in [1.82, 2.24) is 4.90 Å². The Morgan fingerprint density at radius 1 is 1.24 bits per heavy atom. The highest BCUT2D eigenvalue weighted by atomic mass is 16.6. The molecule has 25 heavy (non-hydrogen) atoms. The van der Waals surface area contributed by atoms with Gasteiger partial charge in [0.15, 0.2) is 0 Å². The van der Waals surface area contributed by atoms with Crippen LogP contribution in [0.4, 0.5) is 4.79 Å². The average Bonchev–Trinajstić information content (AvgIpc) is 2.74. The zero-order chi connectivity index (χ0) is 18.8. The molecule has 0 radical (unpaired) electrons. The Labute approximate surface area is 148 Å². The van der Waals surface area contributed by atoms with Gasteiger partial charge in [0.2, 0.25) is 5.91 Å². The zero-order valence-corrected chi connectivity index (χ0v) is 15.4. The van der Waals surface area contributed by atoms with Crippen molar-refractivity contribution in [3.63, 3.8) is 0 Å². The monoisotopic (exact) mass is 347 g/mol. The Kier molecular flexibility index (Phi) is 5.20. The molecule has 0 aliphatic carbocycles. The molecular formula is C19H25NO5. The highest BCUT2D eigenvalue weighted by Gasteiger charge is 2.55. The SMILES string of the molecule is C[C@@H]1N(C(=O)OC(C)(C)C)C(=O)C[C@@]1(C)C(=O)OCc1ccccc1. The lowest BCUT2D eigenvalue weighted by atomic mass is 9.83. The topological polar surface area (TPSA) is 72.9 Å². The maximum Gasteiger partial charge on any atom is 0.417 e. The number of likely N-dealkylation sites (tertiary alicyclic amines) is 1. The van der Waals surface area contributed by atoms with Gasteiger partial charge in [0.1, 0.15) is 12.2 Å². The van der Waals surface area contributed by atoms with E-state index in [0.717, 1.165) is 10.5 Å². The van der Waals surface area contributed by atoms with Crippen LogP contribution < -0.4 is 0 Å². The molecule has 2 atom stereocenters. The van der Waals surface area contributed by atoms with Gasteiger partial charge in [-0.25, -0.2) is 9.69 Å². The van der Waals surface area contributed by atoms with Gasteiger partial charge in [-0.15, -0.1) is 0 Å². The third-order valence-electron chi connectivity index (χ3n) is 4.37. The van der Waals surface area contributed by atoms with Gasteiger partial charge in [0, 0.05) is 6.42 Å². The molecule has 1 aromatic carbocycles. The number of benzene rings is 1. The molecule has 2 amide bonds. The fourth-order valence-electron chi connectivity index (χ4n) is 2.75. The second-order valence-electron chi connectivity index (χ2n) is 7.58. The highest BCUT2D eigenvalue weighted by Crippen LogP contribution is 2.39. The van der Waals surface area contributed by atoms with Crippen LogP contribution in [0.25, 0.3) is 0 Å². The standard InChI is InChI=1S/C19H25NO5/c1-13-19(5,16(22)24-12-14-9-7-6-8-10-14)11-15(21)20(13)17(23)25-18(2,3)4/h6-10,13H,11-12H2,1-5H3/t13-,19+/m0/s1. The van der Waals surface area contributed by atoms with Crippen molar-refractivity contribution in [3.8, 4) is 0 Å². The Balaban J connectivity index is 2.08. The summed E-state index contributed by atoms with van der Waals surface area (Å²) >= 11 is 0. The van der Waals surface area contributed by atoms with Gasteiger partial charge in [-0.1, -0.05) is 30.3 Å². The number of nitrogens with zero attached hydrogens (tertiary/aromatic N) is 1. The summed E-state index contributed by atoms with van der Waals surface area (Å²) in [5.74, 6) is -0.927. The van der Waals surface area contributed by atoms with Crippen LogP contribution in [0.15, 0.2) is 30.3 Å². The Morgan fingerprint density at radius 2 is 1.84 bits per heavy atom. The number of hydrogen-bond acceptors (Lipinski definition) is 5. The number of carbonyl (C=O) groups is 3. The molecule has 136 valence electrons. The summed E-state index contributed by atoms with van der Waals surface area (Å²) in [7, 11) is 0. The number of esters is 1. The van der Waals surface area contributed by atoms with Crippen molar-refractivity contribution in [2.24, 2.45) is 5.41 Å². The van der Waals surface area contributed by atoms with Crippen molar-refractivity contribution in [1.29, 1.82) is 0 Å². The third-order valence-corrected chi connectivity index (χ3v) is 4.37. The van der Waals surface area contributed by atoms with Crippen molar-refractivity contribution in [2.45, 2.75) is 59.3 Å². The van der Waals surface area contributed by atoms with E-state index in [0.29, 0.717) is 0 Å². The first-order chi connectivity index (χ1) is 11.5. The number of carbonyl (C=O) groups excluding carboxylic acids is 3. The van der Waals surface area contributed by atoms with E-state index in [4.69, 9.17) is 9.47 Å². The summed E-state index contributed by atoms with van der Waals surface area (Å²) in [6.07, 6.45) is -0.814. The summed E-state index contributed by atoms with van der Waals surface area (Å²) < 4.78 is 10.7. The van der Waals surface area contributed by atoms with Gasteiger partial charge in [-0.2, -0.15) is 0 Å². The molecule has 1 aromatic rings. The van der Waals surface area contributed by atoms with Crippen LogP contribution in [0, 0.1) is 5.41 Å². The van der Waals surface area contributed by atoms with Gasteiger partial charge in [-0.3, -0.25) is 9.59 Å². The molecule has 6 heteroatoms. The Hall–Kier alpha value is -2.37. The minimum absolute atomic E-state index is 0.0823. The van der Waals surface area contributed by atoms with Crippen molar-refractivity contribution in [2.75, 3.05) is 0 Å². The zero-order valence-electron chi connectivity index (χ0n) is 15.4. The quantitative estimate of drug-likeness (QED) is 0.785. The first-order valence-corrected chi connectivity index (χ1v) is 8.31. The lowest BCUT2D eigenvalue weighted by molar-refractivity contribution is -0.157. The van der Waals surface area contributed by atoms with Crippen LogP contribution in [-0.2, 0) is 25.7 Å². The fraction of sp³-hybridized carbons (Fsp3) is 0.526. The third kappa shape index (κ3) is 4.18. The van der Waals surface area contributed by atoms with E-state index in [1.807, 2.05) is 30.3 Å². The van der Waals surface area contributed by atoms with E-state index in [9.17, 15) is 14.4 Å². The van der Waals surface area contributed by atoms with Gasteiger partial charge >= 0.3 is 12.1 Å². The number of hydrogen-bond donors (Lipinski definition) is 0. The van der Waals surface area contributed by atoms with Crippen molar-refractivity contribution < 1.29 is 23.9 Å². The Bertz CT molecular complexity index is 664. The molecule has 0 spiro atoms. The molecule has 0 bridgehead atoms. The van der Waals surface area contributed by atoms with Crippen LogP contribution in [-0.4, -0.2) is 34.5 Å². The van der Waals surface area contributed by atoms with Gasteiger partial charge in [0.25, 0.3) is 0 Å². The maximum absolute atomic E-state index is 12.6. The van der Waals surface area contributed by atoms with Crippen molar-refractivity contribution in [3.05, 3.63) is 35.9 Å². The van der Waals surface area contributed by atoms with Crippen LogP contribution >= 0.6 is 0 Å². The number of ether oxygens (including phenoxy) is 2. The molecule has 2 rings (SSSR count). The van der Waals surface area contributed by atoms with Crippen LogP contribution in [0.3, 0.4) is 0 Å². The number of amides is 2. The minimum Gasteiger partial charge on any atom is -0.460 e. The van der Waals surface area contributed by atoms with Crippen LogP contribution in [0.1, 0.15) is 46.6 Å². The second-order valence-corrected chi connectivity index (χ2v) is 7.58. The lowest BCUT2D eigenvalue weighted by Gasteiger charge is -2.30. The van der Waals surface area contributed by atoms with E-state index in [1.54, 1.807) is 34.6 Å². The van der Waals surface area contributed by atoms with Crippen LogP contribution in [0.5, 0.6) is 0 Å². The summed E-state index contributed by atoms with van der Waals surface area (Å²) in [6.45, 7) is 8.62. The predicted octanol–water partition coefficient (Wildman–Crippen LogP) is 3.29. The van der Waals surface area contributed by atoms with Gasteiger partial charge in [0.05, 0.1) is 11.5 Å². The molecule has 0 N–H and O–H groups in total. The molecule has 1 fully saturated rings. The molecule has 0 aromatic heterocycles. The van der Waals surface area contributed by atoms with Gasteiger partial charge in [-0.05, 0) is 40.2 Å². The minimum atomic E-state index is -1.09. The first kappa shape index (κ1) is 19.0. The van der Waals surface area contributed by atoms with E-state index in [2.05, 4.69) is 0 Å². The molecule has 1 aliphatic rings. The second kappa shape index (κ2) is 6.86. The molecule has 0 unspecified atom stereocenters. The van der Waals surface area contributed by atoms with E-state index in [-0.39, 0.29) is 13.0 Å². The van der Waals surface area contributed by atoms with E-state index in [1.165, 1.54) is 0 Å². The van der Waals surface area contributed by atoms with E-state index >= 15 is 0 Å². The lowest BCUT2D eigenvalue weighted by Crippen LogP contribution is -2.46.